The highest BCUT2D eigenvalue weighted by atomic mass is 16.5. The van der Waals surface area contributed by atoms with Crippen LogP contribution in [0.4, 0.5) is 0 Å². The van der Waals surface area contributed by atoms with Gasteiger partial charge in [-0.1, -0.05) is 57.6 Å². The molecule has 0 aromatic heterocycles. The highest BCUT2D eigenvalue weighted by Crippen LogP contribution is 2.36. The van der Waals surface area contributed by atoms with E-state index in [1.54, 1.807) is 5.56 Å². The molecular weight excluding hydrogens is 316 g/mol. The van der Waals surface area contributed by atoms with E-state index in [2.05, 4.69) is 31.7 Å². The van der Waals surface area contributed by atoms with Crippen LogP contribution in [0.25, 0.3) is 0 Å². The number of benzene rings is 1. The second-order valence-electron chi connectivity index (χ2n) is 8.69. The van der Waals surface area contributed by atoms with E-state index in [-0.39, 0.29) is 0 Å². The lowest BCUT2D eigenvalue weighted by molar-refractivity contribution is 0.241. The fraction of sp³-hybridized carbons (Fsp3) is 0.680. The maximum atomic E-state index is 5.90. The first-order valence-electron chi connectivity index (χ1n) is 11.1. The standard InChI is InChI=1S/C25H38O/c1-3-5-6-17-26-25-16-15-23-18-22(13-14-24(23)19-25)12-11-21-9-7-20(4-2)8-10-21/h3,15-16,19-22H,1,4-14,17-18H2,2H3. The van der Waals surface area contributed by atoms with Gasteiger partial charge in [0.2, 0.25) is 0 Å². The van der Waals surface area contributed by atoms with Crippen molar-refractivity contribution in [3.63, 3.8) is 0 Å². The van der Waals surface area contributed by atoms with E-state index in [0.29, 0.717) is 0 Å². The van der Waals surface area contributed by atoms with Gasteiger partial charge in [-0.2, -0.15) is 0 Å². The van der Waals surface area contributed by atoms with E-state index in [1.807, 2.05) is 6.08 Å². The van der Waals surface area contributed by atoms with Crippen LogP contribution in [0, 0.1) is 17.8 Å². The zero-order valence-corrected chi connectivity index (χ0v) is 16.8. The average molecular weight is 355 g/mol. The Labute approximate surface area is 161 Å². The Morgan fingerprint density at radius 3 is 2.54 bits per heavy atom. The van der Waals surface area contributed by atoms with E-state index in [1.165, 1.54) is 69.8 Å². The molecule has 3 rings (SSSR count). The molecule has 1 fully saturated rings. The first-order valence-corrected chi connectivity index (χ1v) is 11.1. The summed E-state index contributed by atoms with van der Waals surface area (Å²) in [6.45, 7) is 6.93. The highest BCUT2D eigenvalue weighted by Gasteiger charge is 2.23. The zero-order chi connectivity index (χ0) is 18.2. The SMILES string of the molecule is C=CCCCOc1ccc2c(c1)CCC(CCC1CCC(CC)CC1)C2. The Kier molecular flexibility index (Phi) is 7.65. The van der Waals surface area contributed by atoms with Gasteiger partial charge in [0.25, 0.3) is 0 Å². The number of allylic oxidation sites excluding steroid dienone is 1. The Balaban J connectivity index is 1.42. The van der Waals surface area contributed by atoms with E-state index in [0.717, 1.165) is 43.0 Å². The molecule has 0 aliphatic heterocycles. The Morgan fingerprint density at radius 1 is 1.00 bits per heavy atom. The second kappa shape index (κ2) is 10.2. The van der Waals surface area contributed by atoms with E-state index >= 15 is 0 Å². The molecule has 1 atom stereocenters. The summed E-state index contributed by atoms with van der Waals surface area (Å²) >= 11 is 0. The summed E-state index contributed by atoms with van der Waals surface area (Å²) in [4.78, 5) is 0. The van der Waals surface area contributed by atoms with Crippen LogP contribution in [0.1, 0.15) is 82.3 Å². The van der Waals surface area contributed by atoms with Crippen molar-refractivity contribution in [1.82, 2.24) is 0 Å². The van der Waals surface area contributed by atoms with Crippen molar-refractivity contribution < 1.29 is 4.74 Å². The summed E-state index contributed by atoms with van der Waals surface area (Å²) in [6.07, 6.45) is 18.2. The topological polar surface area (TPSA) is 9.23 Å². The van der Waals surface area contributed by atoms with Gasteiger partial charge in [0.05, 0.1) is 6.61 Å². The molecule has 0 N–H and O–H groups in total. The second-order valence-corrected chi connectivity index (χ2v) is 8.69. The van der Waals surface area contributed by atoms with Crippen molar-refractivity contribution in [2.45, 2.75) is 84.0 Å². The van der Waals surface area contributed by atoms with Crippen molar-refractivity contribution >= 4 is 0 Å². The number of hydrogen-bond acceptors (Lipinski definition) is 1. The molecule has 2 aliphatic rings. The lowest BCUT2D eigenvalue weighted by atomic mass is 9.76. The minimum absolute atomic E-state index is 0.799. The maximum absolute atomic E-state index is 5.90. The van der Waals surface area contributed by atoms with Crippen LogP contribution in [0.3, 0.4) is 0 Å². The molecule has 2 aliphatic carbocycles. The summed E-state index contributed by atoms with van der Waals surface area (Å²) in [7, 11) is 0. The fourth-order valence-electron chi connectivity index (χ4n) is 4.96. The lowest BCUT2D eigenvalue weighted by Crippen LogP contribution is -2.18. The molecule has 1 nitrogen and oxygen atoms in total. The van der Waals surface area contributed by atoms with Crippen molar-refractivity contribution in [3.05, 3.63) is 42.0 Å². The van der Waals surface area contributed by atoms with Crippen molar-refractivity contribution in [2.75, 3.05) is 6.61 Å². The largest absolute Gasteiger partial charge is 0.494 e. The fourth-order valence-corrected chi connectivity index (χ4v) is 4.96. The third-order valence-corrected chi connectivity index (χ3v) is 6.86. The summed E-state index contributed by atoms with van der Waals surface area (Å²) in [5.41, 5.74) is 3.11. The van der Waals surface area contributed by atoms with Gasteiger partial charge < -0.3 is 4.74 Å². The molecule has 0 spiro atoms. The van der Waals surface area contributed by atoms with Gasteiger partial charge in [-0.05, 0) is 79.5 Å². The number of ether oxygens (including phenoxy) is 1. The molecular formula is C25H38O. The molecule has 1 aromatic rings. The number of unbranched alkanes of at least 4 members (excludes halogenated alkanes) is 1. The van der Waals surface area contributed by atoms with Gasteiger partial charge >= 0.3 is 0 Å². The molecule has 1 saturated carbocycles. The Bertz CT molecular complexity index is 553. The maximum Gasteiger partial charge on any atom is 0.119 e. The highest BCUT2D eigenvalue weighted by molar-refractivity contribution is 5.37. The van der Waals surface area contributed by atoms with Crippen molar-refractivity contribution in [2.24, 2.45) is 17.8 Å². The van der Waals surface area contributed by atoms with Crippen molar-refractivity contribution in [3.8, 4) is 5.75 Å². The van der Waals surface area contributed by atoms with E-state index < -0.39 is 0 Å². The third-order valence-electron chi connectivity index (χ3n) is 6.86. The van der Waals surface area contributed by atoms with Crippen LogP contribution < -0.4 is 4.74 Å². The quantitative estimate of drug-likeness (QED) is 0.338. The molecule has 0 saturated heterocycles. The molecule has 0 heterocycles. The van der Waals surface area contributed by atoms with Gasteiger partial charge in [-0.3, -0.25) is 0 Å². The van der Waals surface area contributed by atoms with E-state index in [9.17, 15) is 0 Å². The normalized spacial score (nSPS) is 25.5. The number of hydrogen-bond donors (Lipinski definition) is 0. The van der Waals surface area contributed by atoms with Gasteiger partial charge in [0.1, 0.15) is 5.75 Å². The molecule has 0 radical (unpaired) electrons. The van der Waals surface area contributed by atoms with Crippen LogP contribution in [-0.4, -0.2) is 6.61 Å². The predicted octanol–water partition coefficient (Wildman–Crippen LogP) is 7.13. The van der Waals surface area contributed by atoms with Crippen LogP contribution in [0.2, 0.25) is 0 Å². The van der Waals surface area contributed by atoms with Gasteiger partial charge in [0.15, 0.2) is 0 Å². The smallest absolute Gasteiger partial charge is 0.119 e. The van der Waals surface area contributed by atoms with Crippen LogP contribution >= 0.6 is 0 Å². The minimum Gasteiger partial charge on any atom is -0.494 e. The van der Waals surface area contributed by atoms with E-state index in [4.69, 9.17) is 4.74 Å². The number of aryl methyl sites for hydroxylation is 1. The third kappa shape index (κ3) is 5.63. The molecule has 0 amide bonds. The summed E-state index contributed by atoms with van der Waals surface area (Å²) in [5, 5.41) is 0. The molecule has 1 heteroatoms. The predicted molar refractivity (Wildman–Crippen MR) is 112 cm³/mol. The monoisotopic (exact) mass is 354 g/mol. The Morgan fingerprint density at radius 2 is 1.77 bits per heavy atom. The minimum atomic E-state index is 0.799. The molecule has 0 bridgehead atoms. The van der Waals surface area contributed by atoms with Gasteiger partial charge in [0, 0.05) is 0 Å². The number of fused-ring (bicyclic) bond motifs is 1. The van der Waals surface area contributed by atoms with Gasteiger partial charge in [-0.15, -0.1) is 6.58 Å². The molecule has 26 heavy (non-hydrogen) atoms. The average Bonchev–Trinajstić information content (AvgIpc) is 2.70. The van der Waals surface area contributed by atoms with Crippen LogP contribution in [0.5, 0.6) is 5.75 Å². The lowest BCUT2D eigenvalue weighted by Gasteiger charge is -2.30. The molecule has 1 unspecified atom stereocenters. The molecule has 1 aromatic carbocycles. The first-order chi connectivity index (χ1) is 12.8. The first kappa shape index (κ1) is 19.5. The van der Waals surface area contributed by atoms with Gasteiger partial charge in [-0.25, -0.2) is 0 Å². The van der Waals surface area contributed by atoms with Crippen molar-refractivity contribution in [1.29, 1.82) is 0 Å². The number of rotatable bonds is 9. The molecule has 144 valence electrons. The zero-order valence-electron chi connectivity index (χ0n) is 16.8. The summed E-state index contributed by atoms with van der Waals surface area (Å²) in [5.74, 6) is 4.01. The summed E-state index contributed by atoms with van der Waals surface area (Å²) < 4.78 is 5.90. The Hall–Kier alpha value is -1.24. The van der Waals surface area contributed by atoms with Crippen LogP contribution in [0.15, 0.2) is 30.9 Å². The van der Waals surface area contributed by atoms with Crippen LogP contribution in [-0.2, 0) is 12.8 Å². The summed E-state index contributed by atoms with van der Waals surface area (Å²) in [6, 6.07) is 6.81.